The van der Waals surface area contributed by atoms with Crippen molar-refractivity contribution in [3.63, 3.8) is 0 Å². The summed E-state index contributed by atoms with van der Waals surface area (Å²) >= 11 is 0. The van der Waals surface area contributed by atoms with Gasteiger partial charge in [-0.3, -0.25) is 4.79 Å². The maximum Gasteiger partial charge on any atom is 0.410 e. The number of carbonyl (C=O) groups excluding carboxylic acids is 1. The number of amides is 1. The summed E-state index contributed by atoms with van der Waals surface area (Å²) in [5.41, 5.74) is -0.567. The lowest BCUT2D eigenvalue weighted by molar-refractivity contribution is -0.144. The number of nitrogens with zero attached hydrogens (tertiary/aromatic N) is 1. The van der Waals surface area contributed by atoms with Crippen LogP contribution in [0.4, 0.5) is 4.79 Å². The molecule has 0 aromatic carbocycles. The van der Waals surface area contributed by atoms with Crippen LogP contribution in [0.15, 0.2) is 0 Å². The number of hydrogen-bond donors (Lipinski definition) is 2. The van der Waals surface area contributed by atoms with Gasteiger partial charge >= 0.3 is 12.1 Å². The number of carbonyl (C=O) groups is 2. The number of likely N-dealkylation sites (tertiary alicyclic amines) is 1. The normalized spacial score (nSPS) is 23.8. The third-order valence-corrected chi connectivity index (χ3v) is 3.13. The van der Waals surface area contributed by atoms with Crippen LogP contribution in [0.3, 0.4) is 0 Å². The Bertz CT molecular complexity index is 363. The minimum atomic E-state index is -0.878. The van der Waals surface area contributed by atoms with Gasteiger partial charge in [-0.25, -0.2) is 4.79 Å². The summed E-state index contributed by atoms with van der Waals surface area (Å²) in [6, 6.07) is 0.112. The number of ether oxygens (including phenoxy) is 1. The highest BCUT2D eigenvalue weighted by molar-refractivity contribution is 5.74. The Kier molecular flexibility index (Phi) is 5.39. The van der Waals surface area contributed by atoms with E-state index in [1.807, 2.05) is 13.8 Å². The second-order valence-corrected chi connectivity index (χ2v) is 6.59. The van der Waals surface area contributed by atoms with Gasteiger partial charge in [-0.05, 0) is 27.2 Å². The molecule has 1 rings (SSSR count). The van der Waals surface area contributed by atoms with E-state index in [0.29, 0.717) is 13.0 Å². The van der Waals surface area contributed by atoms with E-state index in [0.717, 1.165) is 0 Å². The highest BCUT2D eigenvalue weighted by atomic mass is 16.6. The molecule has 116 valence electrons. The van der Waals surface area contributed by atoms with Crippen molar-refractivity contribution in [2.24, 2.45) is 5.92 Å². The minimum Gasteiger partial charge on any atom is -0.481 e. The first-order chi connectivity index (χ1) is 9.10. The highest BCUT2D eigenvalue weighted by Crippen LogP contribution is 2.20. The number of aliphatic carboxylic acids is 1. The molecule has 0 spiro atoms. The molecule has 1 fully saturated rings. The van der Waals surface area contributed by atoms with Crippen molar-refractivity contribution in [1.82, 2.24) is 10.2 Å². The van der Waals surface area contributed by atoms with Crippen molar-refractivity contribution in [1.29, 1.82) is 0 Å². The fraction of sp³-hybridized carbons (Fsp3) is 0.857. The van der Waals surface area contributed by atoms with Gasteiger partial charge in [0.25, 0.3) is 0 Å². The maximum atomic E-state index is 12.0. The molecule has 0 bridgehead atoms. The summed E-state index contributed by atoms with van der Waals surface area (Å²) in [4.78, 5) is 24.9. The quantitative estimate of drug-likeness (QED) is 0.825. The predicted molar refractivity (Wildman–Crippen MR) is 75.6 cm³/mol. The van der Waals surface area contributed by atoms with Crippen LogP contribution in [0.25, 0.3) is 0 Å². The van der Waals surface area contributed by atoms with Crippen LogP contribution in [-0.4, -0.2) is 52.8 Å². The Hall–Kier alpha value is -1.30. The molecule has 2 atom stereocenters. The Morgan fingerprint density at radius 3 is 2.40 bits per heavy atom. The van der Waals surface area contributed by atoms with E-state index in [1.54, 1.807) is 20.8 Å². The maximum absolute atomic E-state index is 12.0. The van der Waals surface area contributed by atoms with Gasteiger partial charge in [0.1, 0.15) is 5.60 Å². The smallest absolute Gasteiger partial charge is 0.410 e. The van der Waals surface area contributed by atoms with Gasteiger partial charge < -0.3 is 20.1 Å². The van der Waals surface area contributed by atoms with E-state index in [2.05, 4.69) is 5.32 Å². The molecule has 1 saturated heterocycles. The molecular weight excluding hydrogens is 260 g/mol. The van der Waals surface area contributed by atoms with Crippen LogP contribution in [0.2, 0.25) is 0 Å². The molecule has 0 saturated carbocycles. The summed E-state index contributed by atoms with van der Waals surface area (Å²) in [6.07, 6.45) is 0.181. The Balaban J connectivity index is 2.68. The predicted octanol–water partition coefficient (Wildman–Crippen LogP) is 1.69. The number of piperidine rings is 1. The number of hydrogen-bond acceptors (Lipinski definition) is 4. The lowest BCUT2D eigenvalue weighted by Gasteiger charge is -2.38. The van der Waals surface area contributed by atoms with Crippen molar-refractivity contribution in [3.8, 4) is 0 Å². The van der Waals surface area contributed by atoms with Crippen molar-refractivity contribution < 1.29 is 19.4 Å². The fourth-order valence-electron chi connectivity index (χ4n) is 2.32. The molecule has 1 amide bonds. The highest BCUT2D eigenvalue weighted by Gasteiger charge is 2.37. The molecule has 6 heteroatoms. The number of nitrogens with one attached hydrogen (secondary N) is 1. The third kappa shape index (κ3) is 5.00. The SMILES string of the molecule is CC(C)NC1CCN(C(=O)OC(C)(C)C)CC1C(=O)O. The van der Waals surface area contributed by atoms with Crippen molar-refractivity contribution in [2.75, 3.05) is 13.1 Å². The summed E-state index contributed by atoms with van der Waals surface area (Å²) in [5, 5.41) is 12.6. The second-order valence-electron chi connectivity index (χ2n) is 6.59. The zero-order valence-electron chi connectivity index (χ0n) is 13.0. The van der Waals surface area contributed by atoms with Crippen LogP contribution >= 0.6 is 0 Å². The standard InChI is InChI=1S/C14H26N2O4/c1-9(2)15-11-6-7-16(8-10(11)12(17)18)13(19)20-14(3,4)5/h9-11,15H,6-8H2,1-5H3,(H,17,18). The van der Waals surface area contributed by atoms with Crippen LogP contribution in [-0.2, 0) is 9.53 Å². The minimum absolute atomic E-state index is 0.105. The topological polar surface area (TPSA) is 78.9 Å². The largest absolute Gasteiger partial charge is 0.481 e. The molecule has 1 aliphatic heterocycles. The van der Waals surface area contributed by atoms with Crippen molar-refractivity contribution >= 4 is 12.1 Å². The van der Waals surface area contributed by atoms with Gasteiger partial charge in [-0.2, -0.15) is 0 Å². The molecule has 0 aromatic rings. The lowest BCUT2D eigenvalue weighted by atomic mass is 9.92. The molecule has 1 heterocycles. The van der Waals surface area contributed by atoms with Gasteiger partial charge in [0, 0.05) is 25.2 Å². The molecule has 6 nitrogen and oxygen atoms in total. The Labute approximate surface area is 120 Å². The van der Waals surface area contributed by atoms with Crippen LogP contribution in [0.5, 0.6) is 0 Å². The molecule has 1 aliphatic rings. The monoisotopic (exact) mass is 286 g/mol. The average molecular weight is 286 g/mol. The van der Waals surface area contributed by atoms with E-state index < -0.39 is 23.6 Å². The van der Waals surface area contributed by atoms with Crippen LogP contribution in [0.1, 0.15) is 41.0 Å². The van der Waals surface area contributed by atoms with Gasteiger partial charge in [0.15, 0.2) is 0 Å². The summed E-state index contributed by atoms with van der Waals surface area (Å²) in [7, 11) is 0. The number of carboxylic acid groups (broad SMARTS) is 1. The zero-order valence-corrected chi connectivity index (χ0v) is 13.0. The van der Waals surface area contributed by atoms with Gasteiger partial charge in [0.05, 0.1) is 5.92 Å². The first-order valence-electron chi connectivity index (χ1n) is 7.07. The van der Waals surface area contributed by atoms with Crippen LogP contribution < -0.4 is 5.32 Å². The third-order valence-electron chi connectivity index (χ3n) is 3.13. The fourth-order valence-corrected chi connectivity index (χ4v) is 2.32. The molecule has 0 aliphatic carbocycles. The first kappa shape index (κ1) is 16.8. The molecule has 0 aromatic heterocycles. The van der Waals surface area contributed by atoms with Crippen LogP contribution in [0, 0.1) is 5.92 Å². The zero-order chi connectivity index (χ0) is 15.5. The van der Waals surface area contributed by atoms with Crippen molar-refractivity contribution in [2.45, 2.75) is 58.7 Å². The van der Waals surface area contributed by atoms with Crippen molar-refractivity contribution in [3.05, 3.63) is 0 Å². The molecule has 2 N–H and O–H groups in total. The van der Waals surface area contributed by atoms with E-state index >= 15 is 0 Å². The van der Waals surface area contributed by atoms with Gasteiger partial charge in [-0.15, -0.1) is 0 Å². The summed E-state index contributed by atoms with van der Waals surface area (Å²) < 4.78 is 5.30. The second kappa shape index (κ2) is 6.43. The van der Waals surface area contributed by atoms with E-state index in [1.165, 1.54) is 4.90 Å². The van der Waals surface area contributed by atoms with Gasteiger partial charge in [0.2, 0.25) is 0 Å². The van der Waals surface area contributed by atoms with Gasteiger partial charge in [-0.1, -0.05) is 13.8 Å². The summed E-state index contributed by atoms with van der Waals surface area (Å²) in [6.45, 7) is 10.1. The van der Waals surface area contributed by atoms with E-state index in [4.69, 9.17) is 4.74 Å². The molecule has 0 radical (unpaired) electrons. The molecular formula is C14H26N2O4. The molecule has 20 heavy (non-hydrogen) atoms. The Morgan fingerprint density at radius 1 is 1.35 bits per heavy atom. The number of rotatable bonds is 3. The number of carboxylic acids is 1. The Morgan fingerprint density at radius 2 is 1.95 bits per heavy atom. The first-order valence-corrected chi connectivity index (χ1v) is 7.07. The molecule has 2 unspecified atom stereocenters. The summed E-state index contributed by atoms with van der Waals surface area (Å²) in [5.74, 6) is -1.48. The lowest BCUT2D eigenvalue weighted by Crippen LogP contribution is -2.55. The average Bonchev–Trinajstić information content (AvgIpc) is 2.25. The van der Waals surface area contributed by atoms with E-state index in [9.17, 15) is 14.7 Å². The van der Waals surface area contributed by atoms with E-state index in [-0.39, 0.29) is 18.6 Å².